The molecule has 1 fully saturated rings. The number of hydrogen-bond acceptors (Lipinski definition) is 7. The predicted molar refractivity (Wildman–Crippen MR) is 136 cm³/mol. The number of nitrogens with zero attached hydrogens (tertiary/aromatic N) is 5. The molecular weight excluding hydrogens is 448 g/mol. The van der Waals surface area contributed by atoms with Crippen LogP contribution in [0, 0.1) is 6.92 Å². The molecule has 3 heterocycles. The summed E-state index contributed by atoms with van der Waals surface area (Å²) in [5.41, 5.74) is 5.53. The maximum Gasteiger partial charge on any atom is 0.247 e. The average molecular weight is 477 g/mol. The Morgan fingerprint density at radius 1 is 0.941 bits per heavy atom. The number of sulfone groups is 1. The molecule has 0 saturated carbocycles. The van der Waals surface area contributed by atoms with Crippen LogP contribution < -0.4 is 10.2 Å². The second kappa shape index (κ2) is 8.73. The topological polar surface area (TPSA) is 82.8 Å². The molecule has 1 aliphatic heterocycles. The van der Waals surface area contributed by atoms with Crippen molar-refractivity contribution >= 4 is 32.8 Å². The molecule has 0 atom stereocenters. The molecule has 0 unspecified atom stereocenters. The Morgan fingerprint density at radius 3 is 2.35 bits per heavy atom. The first-order chi connectivity index (χ1) is 16.3. The standard InChI is InChI=1S/C25H28N6O2S/c1-18-17-21(34(3,32)33)10-11-22(18)23-5-4-12-31-24(23)27-25(28-31)26-19-6-8-20(9-7-19)30-15-13-29(2)14-16-30/h4-12,17H,13-16H2,1-3H3,(H,26,28). The highest BCUT2D eigenvalue weighted by Gasteiger charge is 2.16. The van der Waals surface area contributed by atoms with Gasteiger partial charge in [-0.15, -0.1) is 5.10 Å². The average Bonchev–Trinajstić information content (AvgIpc) is 3.22. The lowest BCUT2D eigenvalue weighted by molar-refractivity contribution is 0.313. The lowest BCUT2D eigenvalue weighted by atomic mass is 10.0. The summed E-state index contributed by atoms with van der Waals surface area (Å²) in [7, 11) is -1.10. The summed E-state index contributed by atoms with van der Waals surface area (Å²) in [5.74, 6) is 0.505. The number of nitrogens with one attached hydrogen (secondary N) is 1. The predicted octanol–water partition coefficient (Wildman–Crippen LogP) is 3.60. The number of likely N-dealkylation sites (N-methyl/N-ethyl adjacent to an activating group) is 1. The van der Waals surface area contributed by atoms with Gasteiger partial charge in [0.2, 0.25) is 5.95 Å². The van der Waals surface area contributed by atoms with Gasteiger partial charge >= 0.3 is 0 Å². The number of fused-ring (bicyclic) bond motifs is 1. The van der Waals surface area contributed by atoms with Crippen LogP contribution >= 0.6 is 0 Å². The van der Waals surface area contributed by atoms with Gasteiger partial charge in [0.25, 0.3) is 0 Å². The fraction of sp³-hybridized carbons (Fsp3) is 0.280. The maximum atomic E-state index is 11.9. The van der Waals surface area contributed by atoms with E-state index in [1.165, 1.54) is 11.9 Å². The van der Waals surface area contributed by atoms with Crippen LogP contribution in [0.15, 0.2) is 65.7 Å². The normalized spacial score (nSPS) is 15.1. The van der Waals surface area contributed by atoms with E-state index in [9.17, 15) is 8.42 Å². The van der Waals surface area contributed by atoms with Crippen molar-refractivity contribution in [2.45, 2.75) is 11.8 Å². The number of aryl methyl sites for hydroxylation is 1. The van der Waals surface area contributed by atoms with E-state index < -0.39 is 9.84 Å². The molecule has 9 heteroatoms. The van der Waals surface area contributed by atoms with Crippen molar-refractivity contribution in [3.05, 3.63) is 66.4 Å². The highest BCUT2D eigenvalue weighted by molar-refractivity contribution is 7.90. The van der Waals surface area contributed by atoms with Gasteiger partial charge in [-0.1, -0.05) is 6.07 Å². The molecule has 2 aromatic heterocycles. The van der Waals surface area contributed by atoms with Crippen LogP contribution in [0.3, 0.4) is 0 Å². The summed E-state index contributed by atoms with van der Waals surface area (Å²) in [5, 5.41) is 7.89. The van der Waals surface area contributed by atoms with E-state index in [-0.39, 0.29) is 0 Å². The fourth-order valence-corrected chi connectivity index (χ4v) is 4.99. The minimum Gasteiger partial charge on any atom is -0.369 e. The quantitative estimate of drug-likeness (QED) is 0.471. The number of pyridine rings is 1. The number of anilines is 3. The van der Waals surface area contributed by atoms with Gasteiger partial charge in [-0.2, -0.15) is 4.98 Å². The zero-order valence-corrected chi connectivity index (χ0v) is 20.4. The van der Waals surface area contributed by atoms with Crippen LogP contribution in [0.5, 0.6) is 0 Å². The molecule has 0 amide bonds. The Kier molecular flexibility index (Phi) is 5.75. The molecule has 0 aliphatic carbocycles. The minimum atomic E-state index is -3.26. The van der Waals surface area contributed by atoms with Gasteiger partial charge in [0.05, 0.1) is 4.90 Å². The molecule has 5 rings (SSSR count). The molecule has 1 saturated heterocycles. The van der Waals surface area contributed by atoms with E-state index >= 15 is 0 Å². The van der Waals surface area contributed by atoms with Gasteiger partial charge in [-0.25, -0.2) is 12.9 Å². The van der Waals surface area contributed by atoms with Gasteiger partial charge in [-0.05, 0) is 73.6 Å². The largest absolute Gasteiger partial charge is 0.369 e. The highest BCUT2D eigenvalue weighted by atomic mass is 32.2. The van der Waals surface area contributed by atoms with E-state index in [1.807, 2.05) is 43.5 Å². The molecule has 4 aromatic rings. The summed E-state index contributed by atoms with van der Waals surface area (Å²) in [6.07, 6.45) is 3.07. The van der Waals surface area contributed by atoms with Crippen molar-refractivity contribution < 1.29 is 8.42 Å². The zero-order valence-electron chi connectivity index (χ0n) is 19.6. The van der Waals surface area contributed by atoms with Crippen molar-refractivity contribution in [3.8, 4) is 11.1 Å². The van der Waals surface area contributed by atoms with Gasteiger partial charge in [0, 0.05) is 55.6 Å². The number of aromatic nitrogens is 3. The Balaban J connectivity index is 1.40. The molecular formula is C25H28N6O2S. The van der Waals surface area contributed by atoms with Gasteiger partial charge in [-0.3, -0.25) is 0 Å². The Hall–Kier alpha value is -3.43. The first-order valence-electron chi connectivity index (χ1n) is 11.2. The van der Waals surface area contributed by atoms with E-state index in [1.54, 1.807) is 16.6 Å². The van der Waals surface area contributed by atoms with Gasteiger partial charge < -0.3 is 15.1 Å². The van der Waals surface area contributed by atoms with Crippen molar-refractivity contribution in [1.82, 2.24) is 19.5 Å². The second-order valence-electron chi connectivity index (χ2n) is 8.84. The Bertz CT molecular complexity index is 1440. The summed E-state index contributed by atoms with van der Waals surface area (Å²) in [6, 6.07) is 17.4. The number of benzene rings is 2. The molecule has 2 aromatic carbocycles. The van der Waals surface area contributed by atoms with Gasteiger partial charge in [0.1, 0.15) is 0 Å². The highest BCUT2D eigenvalue weighted by Crippen LogP contribution is 2.29. The van der Waals surface area contributed by atoms with Crippen molar-refractivity contribution in [2.75, 3.05) is 49.7 Å². The van der Waals surface area contributed by atoms with E-state index in [4.69, 9.17) is 4.98 Å². The van der Waals surface area contributed by atoms with Gasteiger partial charge in [0.15, 0.2) is 15.5 Å². The minimum absolute atomic E-state index is 0.310. The van der Waals surface area contributed by atoms with Crippen LogP contribution in [-0.4, -0.2) is 67.4 Å². The summed E-state index contributed by atoms with van der Waals surface area (Å²) in [6.45, 7) is 6.12. The molecule has 34 heavy (non-hydrogen) atoms. The molecule has 0 radical (unpaired) electrons. The molecule has 1 N–H and O–H groups in total. The molecule has 0 spiro atoms. The van der Waals surface area contributed by atoms with Crippen LogP contribution in [-0.2, 0) is 9.84 Å². The third-order valence-electron chi connectivity index (χ3n) is 6.27. The third kappa shape index (κ3) is 4.49. The van der Waals surface area contributed by atoms with Crippen LogP contribution in [0.4, 0.5) is 17.3 Å². The monoisotopic (exact) mass is 476 g/mol. The first-order valence-corrected chi connectivity index (χ1v) is 13.1. The lowest BCUT2D eigenvalue weighted by Gasteiger charge is -2.34. The molecule has 1 aliphatic rings. The van der Waals surface area contributed by atoms with Crippen molar-refractivity contribution in [2.24, 2.45) is 0 Å². The summed E-state index contributed by atoms with van der Waals surface area (Å²) >= 11 is 0. The van der Waals surface area contributed by atoms with Crippen molar-refractivity contribution in [3.63, 3.8) is 0 Å². The summed E-state index contributed by atoms with van der Waals surface area (Å²) < 4.78 is 25.5. The Morgan fingerprint density at radius 2 is 1.68 bits per heavy atom. The van der Waals surface area contributed by atoms with E-state index in [0.29, 0.717) is 16.5 Å². The number of rotatable bonds is 5. The van der Waals surface area contributed by atoms with Crippen LogP contribution in [0.25, 0.3) is 16.8 Å². The van der Waals surface area contributed by atoms with Crippen molar-refractivity contribution in [1.29, 1.82) is 0 Å². The third-order valence-corrected chi connectivity index (χ3v) is 7.38. The molecule has 8 nitrogen and oxygen atoms in total. The summed E-state index contributed by atoms with van der Waals surface area (Å²) in [4.78, 5) is 9.78. The molecule has 176 valence electrons. The van der Waals surface area contributed by atoms with E-state index in [0.717, 1.165) is 48.6 Å². The first kappa shape index (κ1) is 22.4. The van der Waals surface area contributed by atoms with E-state index in [2.05, 4.69) is 39.4 Å². The number of piperazine rings is 1. The van der Waals surface area contributed by atoms with Crippen LogP contribution in [0.2, 0.25) is 0 Å². The lowest BCUT2D eigenvalue weighted by Crippen LogP contribution is -2.44. The maximum absolute atomic E-state index is 11.9. The SMILES string of the molecule is Cc1cc(S(C)(=O)=O)ccc1-c1cccn2nc(Nc3ccc(N4CCN(C)CC4)cc3)nc12. The molecule has 0 bridgehead atoms. The zero-order chi connectivity index (χ0) is 23.9. The number of hydrogen-bond donors (Lipinski definition) is 1. The Labute approximate surface area is 199 Å². The smallest absolute Gasteiger partial charge is 0.247 e. The second-order valence-corrected chi connectivity index (χ2v) is 10.9. The fourth-order valence-electron chi connectivity index (χ4n) is 4.29. The van der Waals surface area contributed by atoms with Crippen LogP contribution in [0.1, 0.15) is 5.56 Å².